The monoisotopic (exact) mass is 370 g/mol. The third kappa shape index (κ3) is 3.04. The summed E-state index contributed by atoms with van der Waals surface area (Å²) in [5.74, 6) is -0.679. The van der Waals surface area contributed by atoms with Crippen molar-refractivity contribution in [2.45, 2.75) is 26.5 Å². The topological polar surface area (TPSA) is 51.2 Å². The van der Waals surface area contributed by atoms with Crippen molar-refractivity contribution in [3.8, 4) is 0 Å². The highest BCUT2D eigenvalue weighted by molar-refractivity contribution is 14.1. The van der Waals surface area contributed by atoms with Crippen LogP contribution in [0.1, 0.15) is 32.6 Å². The van der Waals surface area contributed by atoms with E-state index < -0.39 is 16.0 Å². The Balaban J connectivity index is 3.61. The first-order chi connectivity index (χ1) is 7.69. The van der Waals surface area contributed by atoms with Gasteiger partial charge in [0.2, 0.25) is 0 Å². The average molecular weight is 370 g/mol. The Morgan fingerprint density at radius 1 is 1.18 bits per heavy atom. The van der Waals surface area contributed by atoms with Gasteiger partial charge >= 0.3 is 10.2 Å². The smallest absolute Gasteiger partial charge is 0.298 e. The molecule has 1 aromatic rings. The predicted molar refractivity (Wildman–Crippen MR) is 72.5 cm³/mol. The van der Waals surface area contributed by atoms with Crippen molar-refractivity contribution < 1.29 is 17.1 Å². The third-order valence-corrected chi connectivity index (χ3v) is 5.06. The lowest BCUT2D eigenvalue weighted by Gasteiger charge is -2.15. The summed E-state index contributed by atoms with van der Waals surface area (Å²) >= 11 is 2.04. The van der Waals surface area contributed by atoms with Crippen LogP contribution in [0.5, 0.6) is 0 Å². The average Bonchev–Trinajstić information content (AvgIpc) is 2.21. The second kappa shape index (κ2) is 5.01. The molecule has 17 heavy (non-hydrogen) atoms. The van der Waals surface area contributed by atoms with Crippen molar-refractivity contribution in [3.63, 3.8) is 0 Å². The minimum atomic E-state index is -4.60. The van der Waals surface area contributed by atoms with Crippen LogP contribution < -0.4 is 0 Å². The van der Waals surface area contributed by atoms with Crippen molar-refractivity contribution in [2.24, 2.45) is 0 Å². The van der Waals surface area contributed by atoms with Gasteiger partial charge in [0.15, 0.2) is 6.29 Å². The molecule has 6 heteroatoms. The Bertz CT molecular complexity index is 579. The van der Waals surface area contributed by atoms with Gasteiger partial charge in [0.1, 0.15) is 5.75 Å². The molecule has 0 atom stereocenters. The summed E-state index contributed by atoms with van der Waals surface area (Å²) in [5, 5.41) is 0. The Labute approximate surface area is 114 Å². The minimum Gasteiger partial charge on any atom is -0.298 e. The summed E-state index contributed by atoms with van der Waals surface area (Å²) in [6, 6.07) is 0. The molecule has 0 saturated carbocycles. The van der Waals surface area contributed by atoms with Crippen LogP contribution >= 0.6 is 22.6 Å². The molecule has 1 rings (SSSR count). The van der Waals surface area contributed by atoms with Gasteiger partial charge in [-0.25, -0.2) is 0 Å². The van der Waals surface area contributed by atoms with E-state index in [4.69, 9.17) is 0 Å². The number of hydrogen-bond donors (Lipinski definition) is 0. The number of hydrogen-bond acceptors (Lipinski definition) is 3. The maximum Gasteiger partial charge on any atom is 0.306 e. The first-order valence-corrected chi connectivity index (χ1v) is 7.47. The molecule has 1 aromatic carbocycles. The van der Waals surface area contributed by atoms with E-state index in [1.807, 2.05) is 22.6 Å². The lowest BCUT2D eigenvalue weighted by molar-refractivity contribution is 0.112. The van der Waals surface area contributed by atoms with E-state index in [0.717, 1.165) is 9.13 Å². The zero-order valence-electron chi connectivity index (χ0n) is 9.67. The number of carbonyl (C=O) groups excluding carboxylic acids is 1. The van der Waals surface area contributed by atoms with Gasteiger partial charge in [0, 0.05) is 9.13 Å². The Morgan fingerprint density at radius 2 is 1.71 bits per heavy atom. The van der Waals surface area contributed by atoms with Gasteiger partial charge in [-0.3, -0.25) is 4.79 Å². The molecule has 0 heterocycles. The summed E-state index contributed by atoms with van der Waals surface area (Å²) in [4.78, 5) is 11.0. The number of rotatable bonds is 3. The highest BCUT2D eigenvalue weighted by Crippen LogP contribution is 2.28. The summed E-state index contributed by atoms with van der Waals surface area (Å²) in [6.07, 6.45) is 0.681. The van der Waals surface area contributed by atoms with Gasteiger partial charge < -0.3 is 0 Å². The molecule has 0 fully saturated rings. The number of aldehydes is 1. The Hall–Kier alpha value is -0.500. The van der Waals surface area contributed by atoms with Gasteiger partial charge in [0.05, 0.1) is 0 Å². The first kappa shape index (κ1) is 14.6. The van der Waals surface area contributed by atoms with E-state index in [-0.39, 0.29) is 0 Å². The first-order valence-electron chi connectivity index (χ1n) is 4.84. The van der Waals surface area contributed by atoms with E-state index in [1.165, 1.54) is 0 Å². The van der Waals surface area contributed by atoms with E-state index in [9.17, 15) is 17.1 Å². The molecule has 0 aliphatic carbocycles. The molecule has 0 N–H and O–H groups in total. The van der Waals surface area contributed by atoms with Crippen LogP contribution in [0.25, 0.3) is 0 Å². The van der Waals surface area contributed by atoms with Crippen LogP contribution in [0.3, 0.4) is 0 Å². The largest absolute Gasteiger partial charge is 0.306 e. The fraction of sp³-hybridized carbons (Fsp3) is 0.364. The van der Waals surface area contributed by atoms with Crippen LogP contribution in [0.15, 0.2) is 0 Å². The zero-order valence-corrected chi connectivity index (χ0v) is 12.6. The second-order valence-electron chi connectivity index (χ2n) is 3.88. The number of benzene rings is 1. The number of halogens is 2. The predicted octanol–water partition coefficient (Wildman–Crippen LogP) is 2.83. The Kier molecular flexibility index (Phi) is 4.29. The Morgan fingerprint density at radius 3 is 2.12 bits per heavy atom. The molecule has 0 saturated heterocycles. The maximum atomic E-state index is 12.8. The van der Waals surface area contributed by atoms with Crippen LogP contribution in [0.4, 0.5) is 3.89 Å². The lowest BCUT2D eigenvalue weighted by atomic mass is 9.95. The van der Waals surface area contributed by atoms with Crippen LogP contribution in [0, 0.1) is 24.3 Å². The van der Waals surface area contributed by atoms with Crippen molar-refractivity contribution >= 4 is 39.1 Å². The summed E-state index contributed by atoms with van der Waals surface area (Å²) < 4.78 is 35.1. The standard InChI is InChI=1S/C11H12FIO3S/c1-6-9(4-14)7(2)11(13)8(3)10(6)5-17(12,15)16/h4H,5H2,1-3H3. The van der Waals surface area contributed by atoms with Crippen molar-refractivity contribution in [1.82, 2.24) is 0 Å². The minimum absolute atomic E-state index is 0.379. The van der Waals surface area contributed by atoms with Crippen molar-refractivity contribution in [3.05, 3.63) is 31.4 Å². The van der Waals surface area contributed by atoms with Crippen molar-refractivity contribution in [2.75, 3.05) is 0 Å². The fourth-order valence-corrected chi connectivity index (χ4v) is 3.22. The second-order valence-corrected chi connectivity index (χ2v) is 6.33. The normalized spacial score (nSPS) is 11.6. The molecule has 3 nitrogen and oxygen atoms in total. The third-order valence-electron chi connectivity index (χ3n) is 2.81. The van der Waals surface area contributed by atoms with Gasteiger partial charge in [-0.15, -0.1) is 3.89 Å². The summed E-state index contributed by atoms with van der Waals surface area (Å²) in [6.45, 7) is 5.16. The molecule has 0 aliphatic rings. The van der Waals surface area contributed by atoms with Crippen LogP contribution in [0.2, 0.25) is 0 Å². The molecule has 0 unspecified atom stereocenters. The van der Waals surface area contributed by atoms with Gasteiger partial charge in [-0.2, -0.15) is 8.42 Å². The molecule has 94 valence electrons. The zero-order chi connectivity index (χ0) is 13.4. The fourth-order valence-electron chi connectivity index (χ4n) is 1.82. The summed E-state index contributed by atoms with van der Waals surface area (Å²) in [7, 11) is -4.60. The van der Waals surface area contributed by atoms with Crippen molar-refractivity contribution in [1.29, 1.82) is 0 Å². The number of carbonyl (C=O) groups is 1. The molecule has 0 aliphatic heterocycles. The van der Waals surface area contributed by atoms with E-state index in [0.29, 0.717) is 28.5 Å². The van der Waals surface area contributed by atoms with Gasteiger partial charge in [-0.1, -0.05) is 0 Å². The molecular weight excluding hydrogens is 358 g/mol. The van der Waals surface area contributed by atoms with Crippen LogP contribution in [-0.4, -0.2) is 14.7 Å². The highest BCUT2D eigenvalue weighted by atomic mass is 127. The lowest BCUT2D eigenvalue weighted by Crippen LogP contribution is -2.08. The van der Waals surface area contributed by atoms with E-state index in [2.05, 4.69) is 0 Å². The maximum absolute atomic E-state index is 12.8. The van der Waals surface area contributed by atoms with Gasteiger partial charge in [0.25, 0.3) is 0 Å². The SMILES string of the molecule is Cc1c(I)c(C)c(CS(=O)(=O)F)c(C)c1C=O. The highest BCUT2D eigenvalue weighted by Gasteiger charge is 2.19. The van der Waals surface area contributed by atoms with E-state index >= 15 is 0 Å². The molecule has 0 bridgehead atoms. The quantitative estimate of drug-likeness (QED) is 0.467. The van der Waals surface area contributed by atoms with Crippen LogP contribution in [-0.2, 0) is 16.0 Å². The molecule has 0 spiro atoms. The van der Waals surface area contributed by atoms with Gasteiger partial charge in [-0.05, 0) is 65.6 Å². The summed E-state index contributed by atoms with van der Waals surface area (Å²) in [5.41, 5.74) is 2.88. The molecule has 0 amide bonds. The molecule has 0 aromatic heterocycles. The molecule has 0 radical (unpaired) electrons. The molecular formula is C11H12FIO3S. The van der Waals surface area contributed by atoms with E-state index in [1.54, 1.807) is 20.8 Å².